The minimum absolute atomic E-state index is 0.861. The van der Waals surface area contributed by atoms with Crippen LogP contribution in [-0.4, -0.2) is 0 Å². The van der Waals surface area contributed by atoms with Gasteiger partial charge in [0, 0.05) is 16.8 Å². The third kappa shape index (κ3) is 5.96. The second kappa shape index (κ2) is 14.8. The van der Waals surface area contributed by atoms with Crippen molar-refractivity contribution in [2.24, 2.45) is 0 Å². The molecule has 0 aliphatic carbocycles. The molecule has 12 rings (SSSR count). The maximum Gasteiger partial charge on any atom is 0.137 e. The van der Waals surface area contributed by atoms with E-state index in [1.165, 1.54) is 60.1 Å². The molecule has 0 fully saturated rings. The maximum absolute atomic E-state index is 6.48. The molecule has 0 saturated heterocycles. The molecule has 12 aromatic rings. The molecule has 62 heavy (non-hydrogen) atoms. The molecule has 11 aromatic carbocycles. The smallest absolute Gasteiger partial charge is 0.137 e. The number of hydrogen-bond acceptors (Lipinski definition) is 2. The predicted octanol–water partition coefficient (Wildman–Crippen LogP) is 17.2. The van der Waals surface area contributed by atoms with Crippen LogP contribution >= 0.6 is 0 Å². The number of fused-ring (bicyclic) bond motifs is 7. The van der Waals surface area contributed by atoms with Gasteiger partial charge < -0.3 is 9.32 Å². The fourth-order valence-corrected chi connectivity index (χ4v) is 9.66. The molecule has 0 amide bonds. The molecule has 0 spiro atoms. The Morgan fingerprint density at radius 3 is 1.58 bits per heavy atom. The summed E-state index contributed by atoms with van der Waals surface area (Å²) in [6.45, 7) is 0. The lowest BCUT2D eigenvalue weighted by Gasteiger charge is -2.27. The highest BCUT2D eigenvalue weighted by atomic mass is 16.3. The van der Waals surface area contributed by atoms with Gasteiger partial charge in [-0.3, -0.25) is 0 Å². The molecule has 0 atom stereocenters. The SMILES string of the molecule is c1ccc(-c2c(-c3ccccc3)c3cc(-c4cccc(N(c5cccc(-c6cccc7ccccc67)c5)c5cccc6oc7ccccc7c56)c4)ccc3c3ccccc23)cc1. The molecule has 0 aliphatic rings. The van der Waals surface area contributed by atoms with Crippen LogP contribution in [0.15, 0.2) is 241 Å². The fourth-order valence-electron chi connectivity index (χ4n) is 9.66. The van der Waals surface area contributed by atoms with Crippen LogP contribution in [0.5, 0.6) is 0 Å². The summed E-state index contributed by atoms with van der Waals surface area (Å²) < 4.78 is 6.48. The second-order valence-electron chi connectivity index (χ2n) is 16.0. The number of para-hydroxylation sites is 1. The number of rotatable bonds is 7. The van der Waals surface area contributed by atoms with E-state index in [1.807, 2.05) is 6.07 Å². The first-order valence-corrected chi connectivity index (χ1v) is 21.3. The molecule has 0 saturated carbocycles. The average molecular weight is 790 g/mol. The largest absolute Gasteiger partial charge is 0.456 e. The summed E-state index contributed by atoms with van der Waals surface area (Å²) >= 11 is 0. The Bertz CT molecular complexity index is 3630. The molecule has 1 heterocycles. The van der Waals surface area contributed by atoms with Crippen molar-refractivity contribution in [2.75, 3.05) is 4.90 Å². The number of hydrogen-bond donors (Lipinski definition) is 0. The van der Waals surface area contributed by atoms with E-state index >= 15 is 0 Å². The Labute approximate surface area is 360 Å². The van der Waals surface area contributed by atoms with Gasteiger partial charge in [-0.25, -0.2) is 0 Å². The highest BCUT2D eigenvalue weighted by Crippen LogP contribution is 2.47. The minimum atomic E-state index is 0.861. The van der Waals surface area contributed by atoms with E-state index < -0.39 is 0 Å². The van der Waals surface area contributed by atoms with Crippen LogP contribution in [0.3, 0.4) is 0 Å². The zero-order valence-electron chi connectivity index (χ0n) is 33.9. The number of anilines is 3. The first-order chi connectivity index (χ1) is 30.8. The zero-order valence-corrected chi connectivity index (χ0v) is 33.9. The number of nitrogens with zero attached hydrogens (tertiary/aromatic N) is 1. The summed E-state index contributed by atoms with van der Waals surface area (Å²) in [5, 5.41) is 9.61. The summed E-state index contributed by atoms with van der Waals surface area (Å²) in [6, 6.07) is 85.5. The zero-order chi connectivity index (χ0) is 41.0. The Hall–Kier alpha value is -8.20. The topological polar surface area (TPSA) is 16.4 Å². The summed E-state index contributed by atoms with van der Waals surface area (Å²) in [6.07, 6.45) is 0. The summed E-state index contributed by atoms with van der Waals surface area (Å²) in [7, 11) is 0. The van der Waals surface area contributed by atoms with Gasteiger partial charge in [0.1, 0.15) is 11.2 Å². The molecular formula is C60H39NO. The highest BCUT2D eigenvalue weighted by Gasteiger charge is 2.22. The van der Waals surface area contributed by atoms with Crippen LogP contribution in [0.2, 0.25) is 0 Å². The van der Waals surface area contributed by atoms with Crippen molar-refractivity contribution in [3.05, 3.63) is 237 Å². The molecule has 0 aliphatic heterocycles. The maximum atomic E-state index is 6.48. The van der Waals surface area contributed by atoms with Gasteiger partial charge in [-0.15, -0.1) is 0 Å². The molecule has 0 N–H and O–H groups in total. The van der Waals surface area contributed by atoms with Crippen molar-refractivity contribution in [1.82, 2.24) is 0 Å². The van der Waals surface area contributed by atoms with Gasteiger partial charge >= 0.3 is 0 Å². The van der Waals surface area contributed by atoms with Gasteiger partial charge in [0.25, 0.3) is 0 Å². The molecule has 290 valence electrons. The molecule has 2 heteroatoms. The molecule has 1 aromatic heterocycles. The Morgan fingerprint density at radius 2 is 0.806 bits per heavy atom. The third-order valence-electron chi connectivity index (χ3n) is 12.4. The van der Waals surface area contributed by atoms with E-state index in [1.54, 1.807) is 0 Å². The van der Waals surface area contributed by atoms with Gasteiger partial charge in [-0.1, -0.05) is 188 Å². The summed E-state index contributed by atoms with van der Waals surface area (Å²) in [5.41, 5.74) is 14.5. The predicted molar refractivity (Wildman–Crippen MR) is 263 cm³/mol. The van der Waals surface area contributed by atoms with E-state index in [0.717, 1.165) is 55.7 Å². The number of furan rings is 1. The van der Waals surface area contributed by atoms with Crippen molar-refractivity contribution < 1.29 is 4.42 Å². The van der Waals surface area contributed by atoms with Gasteiger partial charge in [-0.2, -0.15) is 0 Å². The first kappa shape index (κ1) is 35.7. The second-order valence-corrected chi connectivity index (χ2v) is 16.0. The Morgan fingerprint density at radius 1 is 0.290 bits per heavy atom. The lowest BCUT2D eigenvalue weighted by molar-refractivity contribution is 0.669. The lowest BCUT2D eigenvalue weighted by Crippen LogP contribution is -2.10. The van der Waals surface area contributed by atoms with Crippen molar-refractivity contribution >= 4 is 71.3 Å². The van der Waals surface area contributed by atoms with E-state index in [9.17, 15) is 0 Å². The molecule has 0 radical (unpaired) electrons. The van der Waals surface area contributed by atoms with Crippen LogP contribution in [-0.2, 0) is 0 Å². The van der Waals surface area contributed by atoms with Crippen molar-refractivity contribution in [1.29, 1.82) is 0 Å². The molecule has 2 nitrogen and oxygen atoms in total. The van der Waals surface area contributed by atoms with Crippen LogP contribution in [0.25, 0.3) is 98.8 Å². The van der Waals surface area contributed by atoms with Crippen molar-refractivity contribution in [3.8, 4) is 44.5 Å². The monoisotopic (exact) mass is 789 g/mol. The summed E-state index contributed by atoms with van der Waals surface area (Å²) in [4.78, 5) is 2.40. The van der Waals surface area contributed by atoms with Gasteiger partial charge in [0.2, 0.25) is 0 Å². The van der Waals surface area contributed by atoms with Gasteiger partial charge in [0.15, 0.2) is 0 Å². The standard InChI is InChI=1S/C60H39NO/c1-3-18-41(19-4-1)58-52-29-10-9-28-50(52)51-36-35-44(39-54(51)59(58)42-20-5-2-6-21-42)43-23-13-25-46(37-43)61(55-32-16-34-57-60(55)53-30-11-12-33-56(53)62-57)47-26-14-24-45(38-47)49-31-15-22-40-17-7-8-27-48(40)49/h1-39H. The van der Waals surface area contributed by atoms with E-state index in [2.05, 4.69) is 235 Å². The van der Waals surface area contributed by atoms with Crippen LogP contribution in [0, 0.1) is 0 Å². The molecule has 0 bridgehead atoms. The Balaban J connectivity index is 1.09. The van der Waals surface area contributed by atoms with Crippen LogP contribution in [0.1, 0.15) is 0 Å². The average Bonchev–Trinajstić information content (AvgIpc) is 3.74. The van der Waals surface area contributed by atoms with Crippen LogP contribution in [0.4, 0.5) is 17.1 Å². The van der Waals surface area contributed by atoms with E-state index in [4.69, 9.17) is 4.42 Å². The Kier molecular flexibility index (Phi) is 8.53. The third-order valence-corrected chi connectivity index (χ3v) is 12.4. The van der Waals surface area contributed by atoms with Crippen molar-refractivity contribution in [3.63, 3.8) is 0 Å². The minimum Gasteiger partial charge on any atom is -0.456 e. The number of benzene rings is 11. The van der Waals surface area contributed by atoms with Gasteiger partial charge in [-0.05, 0) is 125 Å². The summed E-state index contributed by atoms with van der Waals surface area (Å²) in [5.74, 6) is 0. The first-order valence-electron chi connectivity index (χ1n) is 21.3. The fraction of sp³-hybridized carbons (Fsp3) is 0. The quantitative estimate of drug-likeness (QED) is 0.150. The van der Waals surface area contributed by atoms with Crippen molar-refractivity contribution in [2.45, 2.75) is 0 Å². The highest BCUT2D eigenvalue weighted by molar-refractivity contribution is 6.22. The van der Waals surface area contributed by atoms with Crippen LogP contribution < -0.4 is 4.90 Å². The van der Waals surface area contributed by atoms with Gasteiger partial charge in [0.05, 0.1) is 11.1 Å². The molecule has 0 unspecified atom stereocenters. The lowest BCUT2D eigenvalue weighted by atomic mass is 9.84. The molecular weight excluding hydrogens is 751 g/mol. The van der Waals surface area contributed by atoms with E-state index in [0.29, 0.717) is 0 Å². The van der Waals surface area contributed by atoms with E-state index in [-0.39, 0.29) is 0 Å². The normalized spacial score (nSPS) is 11.5.